The van der Waals surface area contributed by atoms with Crippen LogP contribution in [-0.4, -0.2) is 40.4 Å². The van der Waals surface area contributed by atoms with Gasteiger partial charge in [-0.25, -0.2) is 18.7 Å². The third-order valence-corrected chi connectivity index (χ3v) is 5.33. The summed E-state index contributed by atoms with van der Waals surface area (Å²) in [6.07, 6.45) is 4.75. The van der Waals surface area contributed by atoms with Gasteiger partial charge in [0.2, 0.25) is 11.9 Å². The van der Waals surface area contributed by atoms with Crippen molar-refractivity contribution in [2.45, 2.75) is 25.8 Å². The molecule has 0 aliphatic carbocycles. The maximum Gasteiger partial charge on any atom is 0.230 e. The van der Waals surface area contributed by atoms with Gasteiger partial charge in [0.1, 0.15) is 5.82 Å². The van der Waals surface area contributed by atoms with Gasteiger partial charge < -0.3 is 9.80 Å². The molecule has 2 aromatic rings. The molecule has 7 heteroatoms. The van der Waals surface area contributed by atoms with E-state index in [1.54, 1.807) is 6.07 Å². The molecule has 136 valence electrons. The fourth-order valence-corrected chi connectivity index (χ4v) is 4.05. The highest BCUT2D eigenvalue weighted by Crippen LogP contribution is 2.41. The number of rotatable bonds is 3. The lowest BCUT2D eigenvalue weighted by Crippen LogP contribution is -2.48. The summed E-state index contributed by atoms with van der Waals surface area (Å²) in [6.45, 7) is 2.38. The third kappa shape index (κ3) is 3.13. The topological polar surface area (TPSA) is 49.3 Å². The molecule has 2 aliphatic rings. The fraction of sp³-hybridized carbons (Fsp3) is 0.421. The lowest BCUT2D eigenvalue weighted by molar-refractivity contribution is -0.137. The molecule has 1 spiro atoms. The predicted octanol–water partition coefficient (Wildman–Crippen LogP) is 2.77. The van der Waals surface area contributed by atoms with Crippen LogP contribution < -0.4 is 4.90 Å². The van der Waals surface area contributed by atoms with Crippen molar-refractivity contribution in [2.75, 3.05) is 24.5 Å². The van der Waals surface area contributed by atoms with Gasteiger partial charge >= 0.3 is 0 Å². The Kier molecular flexibility index (Phi) is 4.30. The van der Waals surface area contributed by atoms with Crippen molar-refractivity contribution in [3.8, 4) is 0 Å². The molecule has 1 unspecified atom stereocenters. The van der Waals surface area contributed by atoms with E-state index in [1.807, 2.05) is 15.9 Å². The number of nitrogens with zero attached hydrogens (tertiary/aromatic N) is 4. The van der Waals surface area contributed by atoms with Crippen LogP contribution in [0.2, 0.25) is 0 Å². The summed E-state index contributed by atoms with van der Waals surface area (Å²) in [6, 6.07) is 6.37. The minimum absolute atomic E-state index is 0.105. The molecule has 1 atom stereocenters. The van der Waals surface area contributed by atoms with E-state index in [4.69, 9.17) is 0 Å². The van der Waals surface area contributed by atoms with Crippen LogP contribution in [0.25, 0.3) is 0 Å². The van der Waals surface area contributed by atoms with E-state index >= 15 is 0 Å². The number of aromatic nitrogens is 2. The van der Waals surface area contributed by atoms with Crippen LogP contribution >= 0.6 is 0 Å². The molecule has 1 amide bonds. The Morgan fingerprint density at radius 1 is 1.08 bits per heavy atom. The minimum atomic E-state index is -0.473. The number of piperidine rings is 1. The first-order chi connectivity index (χ1) is 12.6. The normalized spacial score (nSPS) is 23.1. The number of amides is 1. The first-order valence-electron chi connectivity index (χ1n) is 8.82. The van der Waals surface area contributed by atoms with E-state index in [-0.39, 0.29) is 11.7 Å². The van der Waals surface area contributed by atoms with Crippen molar-refractivity contribution in [2.24, 2.45) is 5.41 Å². The third-order valence-electron chi connectivity index (χ3n) is 5.33. The van der Waals surface area contributed by atoms with Crippen molar-refractivity contribution < 1.29 is 13.6 Å². The molecule has 4 rings (SSSR count). The highest BCUT2D eigenvalue weighted by molar-refractivity contribution is 5.85. The van der Waals surface area contributed by atoms with Crippen molar-refractivity contribution in [3.63, 3.8) is 0 Å². The van der Waals surface area contributed by atoms with E-state index in [2.05, 4.69) is 9.97 Å². The Balaban J connectivity index is 1.49. The fourth-order valence-electron chi connectivity index (χ4n) is 4.05. The Bertz CT molecular complexity index is 813. The maximum absolute atomic E-state index is 13.4. The van der Waals surface area contributed by atoms with Crippen LogP contribution in [0.15, 0.2) is 36.7 Å². The van der Waals surface area contributed by atoms with Crippen LogP contribution in [-0.2, 0) is 11.3 Å². The zero-order valence-electron chi connectivity index (χ0n) is 14.4. The monoisotopic (exact) mass is 358 g/mol. The molecule has 2 saturated heterocycles. The lowest BCUT2D eigenvalue weighted by atomic mass is 9.78. The number of halogens is 2. The Hall–Kier alpha value is -2.57. The average Bonchev–Trinajstić information content (AvgIpc) is 2.92. The average molecular weight is 358 g/mol. The Morgan fingerprint density at radius 2 is 1.88 bits per heavy atom. The van der Waals surface area contributed by atoms with Gasteiger partial charge in [-0.1, -0.05) is 12.1 Å². The summed E-state index contributed by atoms with van der Waals surface area (Å²) in [5.74, 6) is -0.199. The van der Waals surface area contributed by atoms with E-state index in [0.717, 1.165) is 43.8 Å². The lowest BCUT2D eigenvalue weighted by Gasteiger charge is -2.39. The van der Waals surface area contributed by atoms with E-state index < -0.39 is 11.2 Å². The van der Waals surface area contributed by atoms with Crippen molar-refractivity contribution in [3.05, 3.63) is 53.9 Å². The van der Waals surface area contributed by atoms with Gasteiger partial charge in [0, 0.05) is 26.2 Å². The van der Waals surface area contributed by atoms with Crippen LogP contribution in [0, 0.1) is 17.0 Å². The number of anilines is 1. The van der Waals surface area contributed by atoms with Gasteiger partial charge in [0.15, 0.2) is 5.82 Å². The Morgan fingerprint density at radius 3 is 2.65 bits per heavy atom. The molecule has 5 nitrogen and oxygen atoms in total. The van der Waals surface area contributed by atoms with Gasteiger partial charge in [-0.15, -0.1) is 0 Å². The molecule has 0 radical (unpaired) electrons. The molecule has 2 fully saturated rings. The van der Waals surface area contributed by atoms with Crippen LogP contribution in [0.3, 0.4) is 0 Å². The SMILES string of the molecule is O=C1N(Cc2cccc(F)c2)CCC12CCCN(c1ncc(F)cn1)C2. The molecular weight excluding hydrogens is 338 g/mol. The first-order valence-corrected chi connectivity index (χ1v) is 8.82. The molecule has 0 bridgehead atoms. The van der Waals surface area contributed by atoms with E-state index in [0.29, 0.717) is 25.6 Å². The summed E-state index contributed by atoms with van der Waals surface area (Å²) in [7, 11) is 0. The second-order valence-electron chi connectivity index (χ2n) is 7.11. The van der Waals surface area contributed by atoms with Gasteiger partial charge in [-0.2, -0.15) is 0 Å². The molecule has 1 aromatic heterocycles. The van der Waals surface area contributed by atoms with Gasteiger partial charge in [-0.3, -0.25) is 4.79 Å². The van der Waals surface area contributed by atoms with Crippen LogP contribution in [0.1, 0.15) is 24.8 Å². The first kappa shape index (κ1) is 16.9. The summed E-state index contributed by atoms with van der Waals surface area (Å²) in [4.78, 5) is 25.0. The van der Waals surface area contributed by atoms with Gasteiger partial charge in [0.25, 0.3) is 0 Å². The van der Waals surface area contributed by atoms with Gasteiger partial charge in [-0.05, 0) is 37.0 Å². The number of hydrogen-bond donors (Lipinski definition) is 0. The Labute approximate surface area is 150 Å². The number of likely N-dealkylation sites (tertiary alicyclic amines) is 1. The second kappa shape index (κ2) is 6.63. The van der Waals surface area contributed by atoms with Crippen LogP contribution in [0.5, 0.6) is 0 Å². The predicted molar refractivity (Wildman–Crippen MR) is 92.3 cm³/mol. The number of carbonyl (C=O) groups is 1. The van der Waals surface area contributed by atoms with E-state index in [9.17, 15) is 13.6 Å². The molecule has 26 heavy (non-hydrogen) atoms. The zero-order chi connectivity index (χ0) is 18.1. The quantitative estimate of drug-likeness (QED) is 0.847. The highest BCUT2D eigenvalue weighted by Gasteiger charge is 2.49. The highest BCUT2D eigenvalue weighted by atomic mass is 19.1. The molecule has 3 heterocycles. The molecule has 1 aromatic carbocycles. The van der Waals surface area contributed by atoms with Crippen molar-refractivity contribution in [1.82, 2.24) is 14.9 Å². The summed E-state index contributed by atoms with van der Waals surface area (Å²) in [5, 5.41) is 0. The molecule has 0 saturated carbocycles. The largest absolute Gasteiger partial charge is 0.340 e. The standard InChI is InChI=1S/C19H20F2N4O/c20-15-4-1-3-14(9-15)12-24-8-6-19(17(24)26)5-2-7-25(13-19)18-22-10-16(21)11-23-18/h1,3-4,9-11H,2,5-8,12-13H2. The smallest absolute Gasteiger partial charge is 0.230 e. The van der Waals surface area contributed by atoms with E-state index in [1.165, 1.54) is 12.1 Å². The molecule has 0 N–H and O–H groups in total. The molecule has 2 aliphatic heterocycles. The second-order valence-corrected chi connectivity index (χ2v) is 7.11. The summed E-state index contributed by atoms with van der Waals surface area (Å²) in [5.41, 5.74) is 0.341. The summed E-state index contributed by atoms with van der Waals surface area (Å²) >= 11 is 0. The number of carbonyl (C=O) groups excluding carboxylic acids is 1. The van der Waals surface area contributed by atoms with Crippen LogP contribution in [0.4, 0.5) is 14.7 Å². The maximum atomic E-state index is 13.4. The summed E-state index contributed by atoms with van der Waals surface area (Å²) < 4.78 is 26.5. The number of hydrogen-bond acceptors (Lipinski definition) is 4. The van der Waals surface area contributed by atoms with Crippen molar-refractivity contribution in [1.29, 1.82) is 0 Å². The number of benzene rings is 1. The van der Waals surface area contributed by atoms with Crippen molar-refractivity contribution >= 4 is 11.9 Å². The van der Waals surface area contributed by atoms with Gasteiger partial charge in [0.05, 0.1) is 17.8 Å². The minimum Gasteiger partial charge on any atom is -0.340 e. The zero-order valence-corrected chi connectivity index (χ0v) is 14.4. The molecular formula is C19H20F2N4O.